The van der Waals surface area contributed by atoms with Gasteiger partial charge in [0.15, 0.2) is 5.65 Å². The van der Waals surface area contributed by atoms with Crippen LogP contribution in [0.4, 0.5) is 11.6 Å². The summed E-state index contributed by atoms with van der Waals surface area (Å²) in [6.07, 6.45) is 9.01. The molecule has 0 bridgehead atoms. The Morgan fingerprint density at radius 2 is 1.88 bits per heavy atom. The van der Waals surface area contributed by atoms with E-state index in [4.69, 9.17) is 9.97 Å². The molecular formula is C25H32N8. The predicted molar refractivity (Wildman–Crippen MR) is 131 cm³/mol. The van der Waals surface area contributed by atoms with Crippen LogP contribution in [0.15, 0.2) is 30.6 Å². The van der Waals surface area contributed by atoms with Crippen LogP contribution in [0.5, 0.6) is 0 Å². The highest BCUT2D eigenvalue weighted by Crippen LogP contribution is 2.42. The summed E-state index contributed by atoms with van der Waals surface area (Å²) in [6, 6.07) is 6.39. The van der Waals surface area contributed by atoms with Gasteiger partial charge < -0.3 is 20.4 Å². The van der Waals surface area contributed by atoms with Crippen molar-refractivity contribution in [3.8, 4) is 0 Å². The van der Waals surface area contributed by atoms with Crippen molar-refractivity contribution in [1.29, 1.82) is 0 Å². The molecule has 0 atom stereocenters. The van der Waals surface area contributed by atoms with E-state index in [1.165, 1.54) is 42.5 Å². The molecule has 2 aliphatic rings. The van der Waals surface area contributed by atoms with E-state index in [0.717, 1.165) is 48.3 Å². The number of rotatable bonds is 7. The van der Waals surface area contributed by atoms with Gasteiger partial charge in [-0.15, -0.1) is 0 Å². The number of nitrogens with one attached hydrogen (secondary N) is 3. The summed E-state index contributed by atoms with van der Waals surface area (Å²) in [6.45, 7) is 8.04. The Bertz CT molecular complexity index is 1290. The van der Waals surface area contributed by atoms with E-state index in [0.29, 0.717) is 18.4 Å². The molecule has 0 spiro atoms. The molecule has 1 saturated heterocycles. The lowest BCUT2D eigenvalue weighted by molar-refractivity contribution is 0.389. The van der Waals surface area contributed by atoms with Gasteiger partial charge in [-0.3, -0.25) is 0 Å². The zero-order valence-electron chi connectivity index (χ0n) is 19.4. The number of hydrogen-bond donors (Lipinski definition) is 3. The minimum atomic E-state index is 0.604. The maximum Gasteiger partial charge on any atom is 0.163 e. The van der Waals surface area contributed by atoms with Gasteiger partial charge in [0, 0.05) is 30.1 Å². The average molecular weight is 445 g/mol. The van der Waals surface area contributed by atoms with Crippen LogP contribution in [0.2, 0.25) is 0 Å². The standard InChI is InChI=1S/C25H32N8/c1-16-9-17(2)32-15-20(30-24(32)10-16)13-28-23-11-22(27-12-18-5-7-26-8-6-18)31-25-21(19-3-4-19)14-29-33(23)25/h9-11,14-15,18-19,26,28H,3-8,12-13H2,1-2H3,(H,27,31). The summed E-state index contributed by atoms with van der Waals surface area (Å²) in [7, 11) is 0. The number of aryl methyl sites for hydroxylation is 2. The fraction of sp³-hybridized carbons (Fsp3) is 0.480. The summed E-state index contributed by atoms with van der Waals surface area (Å²) >= 11 is 0. The number of imidazole rings is 1. The van der Waals surface area contributed by atoms with Crippen LogP contribution in [0, 0.1) is 19.8 Å². The van der Waals surface area contributed by atoms with Gasteiger partial charge >= 0.3 is 0 Å². The van der Waals surface area contributed by atoms with E-state index in [2.05, 4.69) is 63.7 Å². The van der Waals surface area contributed by atoms with Crippen LogP contribution in [0.1, 0.15) is 54.1 Å². The Balaban J connectivity index is 1.27. The molecule has 2 fully saturated rings. The van der Waals surface area contributed by atoms with Crippen LogP contribution in [-0.4, -0.2) is 43.6 Å². The first-order chi connectivity index (χ1) is 16.1. The van der Waals surface area contributed by atoms with Crippen LogP contribution >= 0.6 is 0 Å². The molecule has 172 valence electrons. The molecule has 4 aromatic heterocycles. The van der Waals surface area contributed by atoms with Gasteiger partial charge in [-0.05, 0) is 82.2 Å². The Kier molecular flexibility index (Phi) is 5.17. The zero-order chi connectivity index (χ0) is 22.4. The number of pyridine rings is 1. The number of fused-ring (bicyclic) bond motifs is 2. The van der Waals surface area contributed by atoms with E-state index in [-0.39, 0.29) is 0 Å². The first-order valence-electron chi connectivity index (χ1n) is 12.2. The monoisotopic (exact) mass is 444 g/mol. The maximum atomic E-state index is 4.97. The van der Waals surface area contributed by atoms with Gasteiger partial charge in [0.05, 0.1) is 18.4 Å². The summed E-state index contributed by atoms with van der Waals surface area (Å²) < 4.78 is 4.10. The van der Waals surface area contributed by atoms with E-state index in [1.807, 2.05) is 10.7 Å². The van der Waals surface area contributed by atoms with Crippen LogP contribution in [0.3, 0.4) is 0 Å². The van der Waals surface area contributed by atoms with E-state index >= 15 is 0 Å². The first kappa shape index (κ1) is 20.5. The van der Waals surface area contributed by atoms with Crippen LogP contribution in [-0.2, 0) is 6.54 Å². The van der Waals surface area contributed by atoms with Gasteiger partial charge in [0.25, 0.3) is 0 Å². The normalized spacial score (nSPS) is 17.2. The molecule has 4 aromatic rings. The lowest BCUT2D eigenvalue weighted by Crippen LogP contribution is -2.31. The second kappa shape index (κ2) is 8.33. The second-order valence-corrected chi connectivity index (χ2v) is 9.70. The van der Waals surface area contributed by atoms with Crippen molar-refractivity contribution in [2.24, 2.45) is 5.92 Å². The van der Waals surface area contributed by atoms with Crippen molar-refractivity contribution >= 4 is 22.9 Å². The summed E-state index contributed by atoms with van der Waals surface area (Å²) in [5.41, 5.74) is 6.66. The lowest BCUT2D eigenvalue weighted by atomic mass is 9.98. The van der Waals surface area contributed by atoms with Gasteiger partial charge in [0.2, 0.25) is 0 Å². The molecular weight excluding hydrogens is 412 g/mol. The molecule has 1 aliphatic carbocycles. The second-order valence-electron chi connectivity index (χ2n) is 9.70. The van der Waals surface area contributed by atoms with Gasteiger partial charge in [0.1, 0.15) is 17.3 Å². The molecule has 6 rings (SSSR count). The highest BCUT2D eigenvalue weighted by molar-refractivity contribution is 5.61. The molecule has 33 heavy (non-hydrogen) atoms. The summed E-state index contributed by atoms with van der Waals surface area (Å²) in [4.78, 5) is 9.79. The minimum absolute atomic E-state index is 0.604. The third-order valence-corrected chi connectivity index (χ3v) is 6.95. The van der Waals surface area contributed by atoms with Crippen molar-refractivity contribution in [3.63, 3.8) is 0 Å². The number of aromatic nitrogens is 5. The Hall–Kier alpha value is -3.13. The Morgan fingerprint density at radius 3 is 2.70 bits per heavy atom. The Labute approximate surface area is 193 Å². The molecule has 0 unspecified atom stereocenters. The molecule has 0 radical (unpaired) electrons. The fourth-order valence-electron chi connectivity index (χ4n) is 4.95. The SMILES string of the molecule is Cc1cc(C)n2cc(CNc3cc(NCC4CCNCC4)nc4c(C5CC5)cnn34)nc2c1. The average Bonchev–Trinajstić information content (AvgIpc) is 3.43. The third kappa shape index (κ3) is 4.15. The number of piperidine rings is 1. The van der Waals surface area contributed by atoms with E-state index in [9.17, 15) is 0 Å². The highest BCUT2D eigenvalue weighted by atomic mass is 15.3. The van der Waals surface area contributed by atoms with E-state index in [1.54, 1.807) is 0 Å². The molecule has 0 aromatic carbocycles. The zero-order valence-corrected chi connectivity index (χ0v) is 19.4. The van der Waals surface area contributed by atoms with Gasteiger partial charge in [-0.2, -0.15) is 9.61 Å². The van der Waals surface area contributed by atoms with Crippen molar-refractivity contribution in [2.45, 2.75) is 52.0 Å². The van der Waals surface area contributed by atoms with Crippen LogP contribution < -0.4 is 16.0 Å². The molecule has 3 N–H and O–H groups in total. The summed E-state index contributed by atoms with van der Waals surface area (Å²) in [5.74, 6) is 3.17. The quantitative estimate of drug-likeness (QED) is 0.401. The van der Waals surface area contributed by atoms with Crippen molar-refractivity contribution in [1.82, 2.24) is 29.3 Å². The van der Waals surface area contributed by atoms with Gasteiger partial charge in [-0.1, -0.05) is 0 Å². The molecule has 1 saturated carbocycles. The predicted octanol–water partition coefficient (Wildman–Crippen LogP) is 3.89. The molecule has 8 heteroatoms. The molecule has 5 heterocycles. The molecule has 0 amide bonds. The largest absolute Gasteiger partial charge is 0.370 e. The first-order valence-corrected chi connectivity index (χ1v) is 12.2. The fourth-order valence-corrected chi connectivity index (χ4v) is 4.95. The summed E-state index contributed by atoms with van der Waals surface area (Å²) in [5, 5.41) is 15.3. The van der Waals surface area contributed by atoms with Gasteiger partial charge in [-0.25, -0.2) is 9.97 Å². The molecule has 1 aliphatic heterocycles. The van der Waals surface area contributed by atoms with E-state index < -0.39 is 0 Å². The number of anilines is 2. The van der Waals surface area contributed by atoms with Crippen LogP contribution in [0.25, 0.3) is 11.3 Å². The molecule has 8 nitrogen and oxygen atoms in total. The van der Waals surface area contributed by atoms with Crippen molar-refractivity contribution in [2.75, 3.05) is 30.3 Å². The third-order valence-electron chi connectivity index (χ3n) is 6.95. The number of hydrogen-bond acceptors (Lipinski definition) is 6. The topological polar surface area (TPSA) is 83.6 Å². The highest BCUT2D eigenvalue weighted by Gasteiger charge is 2.28. The Morgan fingerprint density at radius 1 is 1.03 bits per heavy atom. The maximum absolute atomic E-state index is 4.97. The smallest absolute Gasteiger partial charge is 0.163 e. The van der Waals surface area contributed by atoms with Crippen molar-refractivity contribution in [3.05, 3.63) is 53.1 Å². The minimum Gasteiger partial charge on any atom is -0.370 e. The van der Waals surface area contributed by atoms with Crippen molar-refractivity contribution < 1.29 is 0 Å². The lowest BCUT2D eigenvalue weighted by Gasteiger charge is -2.23. The number of nitrogens with zero attached hydrogens (tertiary/aromatic N) is 5.